The summed E-state index contributed by atoms with van der Waals surface area (Å²) in [6.45, 7) is 2.87. The highest BCUT2D eigenvalue weighted by Gasteiger charge is 2.13. The van der Waals surface area contributed by atoms with E-state index in [4.69, 9.17) is 5.73 Å². The monoisotopic (exact) mass is 407 g/mol. The quantitative estimate of drug-likeness (QED) is 0.281. The van der Waals surface area contributed by atoms with Gasteiger partial charge in [-0.1, -0.05) is 117 Å². The zero-order chi connectivity index (χ0) is 21.5. The van der Waals surface area contributed by atoms with Crippen molar-refractivity contribution in [1.82, 2.24) is 0 Å². The summed E-state index contributed by atoms with van der Waals surface area (Å²) in [4.78, 5) is 0. The molecule has 0 saturated carbocycles. The molecule has 31 heavy (non-hydrogen) atoms. The van der Waals surface area contributed by atoms with Gasteiger partial charge in [0.1, 0.15) is 0 Å². The molecule has 0 bridgehead atoms. The summed E-state index contributed by atoms with van der Waals surface area (Å²) in [7, 11) is 0. The lowest BCUT2D eigenvalue weighted by atomic mass is 9.86. The third-order valence-electron chi connectivity index (χ3n) is 6.36. The Bertz CT molecular complexity index is 1090. The molecule has 1 heteroatoms. The molecule has 0 aromatic heterocycles. The van der Waals surface area contributed by atoms with Crippen molar-refractivity contribution in [3.63, 3.8) is 0 Å². The van der Waals surface area contributed by atoms with Crippen LogP contribution in [0.2, 0.25) is 0 Å². The maximum Gasteiger partial charge on any atom is 0.0178 e. The molecule has 1 nitrogen and oxygen atoms in total. The van der Waals surface area contributed by atoms with E-state index in [-0.39, 0.29) is 0 Å². The Hall–Kier alpha value is -2.90. The lowest BCUT2D eigenvalue weighted by Gasteiger charge is -2.19. The van der Waals surface area contributed by atoms with Crippen LogP contribution in [-0.2, 0) is 13.0 Å². The van der Waals surface area contributed by atoms with Crippen molar-refractivity contribution in [2.75, 3.05) is 0 Å². The van der Waals surface area contributed by atoms with Crippen molar-refractivity contribution >= 4 is 10.8 Å². The van der Waals surface area contributed by atoms with Crippen LogP contribution < -0.4 is 5.73 Å². The van der Waals surface area contributed by atoms with Crippen LogP contribution in [-0.4, -0.2) is 0 Å². The smallest absolute Gasteiger partial charge is 0.0178 e. The molecule has 0 radical (unpaired) electrons. The molecule has 2 N–H and O–H groups in total. The van der Waals surface area contributed by atoms with Crippen molar-refractivity contribution in [3.8, 4) is 11.1 Å². The van der Waals surface area contributed by atoms with Gasteiger partial charge in [-0.05, 0) is 57.3 Å². The second kappa shape index (κ2) is 10.4. The summed E-state index contributed by atoms with van der Waals surface area (Å²) in [5.74, 6) is 0.557. The number of hydrogen-bond acceptors (Lipinski definition) is 1. The Kier molecular flexibility index (Phi) is 7.17. The molecule has 0 aliphatic carbocycles. The van der Waals surface area contributed by atoms with Gasteiger partial charge in [0.15, 0.2) is 0 Å². The fourth-order valence-electron chi connectivity index (χ4n) is 4.46. The van der Waals surface area contributed by atoms with Gasteiger partial charge in [-0.15, -0.1) is 0 Å². The predicted octanol–water partition coefficient (Wildman–Crippen LogP) is 7.87. The van der Waals surface area contributed by atoms with E-state index < -0.39 is 0 Å². The zero-order valence-electron chi connectivity index (χ0n) is 18.6. The van der Waals surface area contributed by atoms with E-state index in [1.165, 1.54) is 64.3 Å². The molecule has 0 heterocycles. The largest absolute Gasteiger partial charge is 0.326 e. The van der Waals surface area contributed by atoms with Gasteiger partial charge in [0, 0.05) is 6.54 Å². The maximum atomic E-state index is 5.74. The highest BCUT2D eigenvalue weighted by molar-refractivity contribution is 5.83. The van der Waals surface area contributed by atoms with Gasteiger partial charge in [0.2, 0.25) is 0 Å². The fraction of sp³-hybridized carbons (Fsp3) is 0.267. The number of fused-ring (bicyclic) bond motifs is 1. The minimum atomic E-state index is 0.557. The summed E-state index contributed by atoms with van der Waals surface area (Å²) in [5, 5.41) is 2.65. The second-order valence-electron chi connectivity index (χ2n) is 8.60. The van der Waals surface area contributed by atoms with Crippen LogP contribution in [0, 0.1) is 0 Å². The SMILES string of the molecule is CCCCCC(Cc1ccc2ccccc2c1)c1ccc(-c2ccc(CN)cc2)cc1. The average Bonchev–Trinajstić information content (AvgIpc) is 2.84. The Morgan fingerprint density at radius 3 is 2.00 bits per heavy atom. The molecule has 0 spiro atoms. The molecule has 4 aromatic carbocycles. The first-order valence-corrected chi connectivity index (χ1v) is 11.6. The molecule has 0 aliphatic rings. The van der Waals surface area contributed by atoms with Crippen LogP contribution in [0.1, 0.15) is 55.2 Å². The van der Waals surface area contributed by atoms with E-state index in [9.17, 15) is 0 Å². The molecule has 1 unspecified atom stereocenters. The molecule has 0 aliphatic heterocycles. The van der Waals surface area contributed by atoms with E-state index in [0.29, 0.717) is 12.5 Å². The van der Waals surface area contributed by atoms with Crippen molar-refractivity contribution in [2.45, 2.75) is 51.5 Å². The molecular weight excluding hydrogens is 374 g/mol. The van der Waals surface area contributed by atoms with Gasteiger partial charge in [0.25, 0.3) is 0 Å². The minimum absolute atomic E-state index is 0.557. The third-order valence-corrected chi connectivity index (χ3v) is 6.36. The first kappa shape index (κ1) is 21.3. The molecule has 0 saturated heterocycles. The number of unbranched alkanes of at least 4 members (excludes halogenated alkanes) is 2. The highest BCUT2D eigenvalue weighted by atomic mass is 14.5. The van der Waals surface area contributed by atoms with Crippen LogP contribution in [0.15, 0.2) is 91.0 Å². The lowest BCUT2D eigenvalue weighted by molar-refractivity contribution is 0.563. The van der Waals surface area contributed by atoms with Gasteiger partial charge in [-0.2, -0.15) is 0 Å². The van der Waals surface area contributed by atoms with Crippen molar-refractivity contribution < 1.29 is 0 Å². The lowest BCUT2D eigenvalue weighted by Crippen LogP contribution is -2.04. The Morgan fingerprint density at radius 1 is 0.677 bits per heavy atom. The average molecular weight is 408 g/mol. The van der Waals surface area contributed by atoms with Crippen LogP contribution >= 0.6 is 0 Å². The number of rotatable bonds is 9. The van der Waals surface area contributed by atoms with Gasteiger partial charge in [0.05, 0.1) is 0 Å². The Morgan fingerprint density at radius 2 is 1.32 bits per heavy atom. The highest BCUT2D eigenvalue weighted by Crippen LogP contribution is 2.30. The van der Waals surface area contributed by atoms with Crippen LogP contribution in [0.3, 0.4) is 0 Å². The number of nitrogens with two attached hydrogens (primary N) is 1. The van der Waals surface area contributed by atoms with Crippen LogP contribution in [0.25, 0.3) is 21.9 Å². The van der Waals surface area contributed by atoms with E-state index >= 15 is 0 Å². The fourth-order valence-corrected chi connectivity index (χ4v) is 4.46. The molecule has 158 valence electrons. The summed E-state index contributed by atoms with van der Waals surface area (Å²) < 4.78 is 0. The number of hydrogen-bond donors (Lipinski definition) is 1. The molecule has 4 rings (SSSR count). The molecule has 1 atom stereocenters. The minimum Gasteiger partial charge on any atom is -0.326 e. The predicted molar refractivity (Wildman–Crippen MR) is 134 cm³/mol. The number of benzene rings is 4. The van der Waals surface area contributed by atoms with Gasteiger partial charge >= 0.3 is 0 Å². The normalized spacial score (nSPS) is 12.2. The van der Waals surface area contributed by atoms with Gasteiger partial charge in [-0.25, -0.2) is 0 Å². The van der Waals surface area contributed by atoms with Crippen LogP contribution in [0.5, 0.6) is 0 Å². The zero-order valence-corrected chi connectivity index (χ0v) is 18.6. The maximum absolute atomic E-state index is 5.74. The van der Waals surface area contributed by atoms with E-state index in [2.05, 4.69) is 97.9 Å². The van der Waals surface area contributed by atoms with Crippen molar-refractivity contribution in [3.05, 3.63) is 108 Å². The first-order chi connectivity index (χ1) is 15.3. The van der Waals surface area contributed by atoms with Crippen LogP contribution in [0.4, 0.5) is 0 Å². The standard InChI is InChI=1S/C30H33N/c1-2-3-4-8-30(21-24-12-15-25-7-5-6-9-29(25)20-24)28-18-16-27(17-19-28)26-13-10-23(22-31)11-14-26/h5-7,9-20,30H,2-4,8,21-22,31H2,1H3. The second-order valence-corrected chi connectivity index (χ2v) is 8.60. The van der Waals surface area contributed by atoms with Gasteiger partial charge < -0.3 is 5.73 Å². The Balaban J connectivity index is 1.55. The van der Waals surface area contributed by atoms with Crippen molar-refractivity contribution in [2.24, 2.45) is 5.73 Å². The molecule has 4 aromatic rings. The van der Waals surface area contributed by atoms with Gasteiger partial charge in [-0.3, -0.25) is 0 Å². The van der Waals surface area contributed by atoms with Crippen molar-refractivity contribution in [1.29, 1.82) is 0 Å². The molecule has 0 fully saturated rings. The Labute approximate surface area is 186 Å². The third kappa shape index (κ3) is 5.42. The van der Waals surface area contributed by atoms with E-state index in [1.807, 2.05) is 0 Å². The van der Waals surface area contributed by atoms with E-state index in [1.54, 1.807) is 0 Å². The topological polar surface area (TPSA) is 26.0 Å². The summed E-state index contributed by atoms with van der Waals surface area (Å²) in [6.07, 6.45) is 6.20. The van der Waals surface area contributed by atoms with E-state index in [0.717, 1.165) is 6.42 Å². The molecular formula is C30H33N. The summed E-state index contributed by atoms with van der Waals surface area (Å²) >= 11 is 0. The first-order valence-electron chi connectivity index (χ1n) is 11.6. The molecule has 0 amide bonds. The summed E-state index contributed by atoms with van der Waals surface area (Å²) in [6, 6.07) is 33.4. The summed E-state index contributed by atoms with van der Waals surface area (Å²) in [5.41, 5.74) is 12.3.